The predicted molar refractivity (Wildman–Crippen MR) is 140 cm³/mol. The summed E-state index contributed by atoms with van der Waals surface area (Å²) < 4.78 is 17.8. The van der Waals surface area contributed by atoms with E-state index in [4.69, 9.17) is 14.2 Å². The molecule has 4 heterocycles. The molecule has 0 aromatic carbocycles. The van der Waals surface area contributed by atoms with Crippen LogP contribution >= 0.6 is 0 Å². The summed E-state index contributed by atoms with van der Waals surface area (Å²) >= 11 is 0. The molecule has 1 saturated heterocycles. The minimum atomic E-state index is -0.156. The van der Waals surface area contributed by atoms with E-state index in [1.165, 1.54) is 0 Å². The number of fused-ring (bicyclic) bond motifs is 1. The van der Waals surface area contributed by atoms with Gasteiger partial charge in [-0.05, 0) is 31.4 Å². The molecule has 10 heteroatoms. The van der Waals surface area contributed by atoms with Crippen LogP contribution < -0.4 is 15.6 Å². The molecule has 1 aliphatic heterocycles. The normalized spacial score (nSPS) is 14.9. The fraction of sp³-hybridized carbons (Fsp3) is 0.538. The third-order valence-corrected chi connectivity index (χ3v) is 6.43. The smallest absolute Gasteiger partial charge is 0.293 e. The lowest BCUT2D eigenvalue weighted by molar-refractivity contribution is 0.127. The topological polar surface area (TPSA) is 104 Å². The van der Waals surface area contributed by atoms with E-state index in [2.05, 4.69) is 32.1 Å². The van der Waals surface area contributed by atoms with Gasteiger partial charge in [0, 0.05) is 75.5 Å². The summed E-state index contributed by atoms with van der Waals surface area (Å²) in [5.41, 5.74) is 2.78. The first-order valence-electron chi connectivity index (χ1n) is 12.6. The van der Waals surface area contributed by atoms with Crippen molar-refractivity contribution in [1.82, 2.24) is 24.4 Å². The van der Waals surface area contributed by atoms with E-state index in [9.17, 15) is 4.79 Å². The van der Waals surface area contributed by atoms with Crippen molar-refractivity contribution in [3.8, 4) is 17.0 Å². The number of nitrogens with zero attached hydrogens (tertiary/aromatic N) is 5. The van der Waals surface area contributed by atoms with Gasteiger partial charge in [-0.2, -0.15) is 0 Å². The number of pyridine rings is 2. The quantitative estimate of drug-likeness (QED) is 0.379. The van der Waals surface area contributed by atoms with E-state index in [-0.39, 0.29) is 11.6 Å². The first-order chi connectivity index (χ1) is 17.6. The number of methoxy groups -OCH3 is 2. The Bertz CT molecular complexity index is 1180. The molecular weight excluding hydrogens is 460 g/mol. The molecule has 0 unspecified atom stereocenters. The van der Waals surface area contributed by atoms with Gasteiger partial charge in [0.1, 0.15) is 0 Å². The third kappa shape index (κ3) is 6.37. The molecule has 0 bridgehead atoms. The van der Waals surface area contributed by atoms with Crippen molar-refractivity contribution in [1.29, 1.82) is 0 Å². The van der Waals surface area contributed by atoms with Crippen molar-refractivity contribution in [2.24, 2.45) is 0 Å². The van der Waals surface area contributed by atoms with Gasteiger partial charge in [-0.15, -0.1) is 0 Å². The molecule has 3 aromatic heterocycles. The largest absolute Gasteiger partial charge is 0.481 e. The fourth-order valence-corrected chi connectivity index (χ4v) is 4.38. The van der Waals surface area contributed by atoms with Crippen LogP contribution in [0.15, 0.2) is 35.4 Å². The van der Waals surface area contributed by atoms with Gasteiger partial charge < -0.3 is 24.4 Å². The Balaban J connectivity index is 1.60. The van der Waals surface area contributed by atoms with Crippen molar-refractivity contribution in [2.75, 3.05) is 59.0 Å². The predicted octanol–water partition coefficient (Wildman–Crippen LogP) is 2.81. The molecule has 0 radical (unpaired) electrons. The van der Waals surface area contributed by atoms with Gasteiger partial charge >= 0.3 is 0 Å². The molecule has 1 aliphatic rings. The van der Waals surface area contributed by atoms with E-state index in [1.54, 1.807) is 37.2 Å². The summed E-state index contributed by atoms with van der Waals surface area (Å²) in [6, 6.07) is 5.86. The van der Waals surface area contributed by atoms with Crippen molar-refractivity contribution in [3.05, 3.63) is 40.9 Å². The summed E-state index contributed by atoms with van der Waals surface area (Å²) in [4.78, 5) is 29.5. The molecule has 3 aromatic rings. The van der Waals surface area contributed by atoms with Gasteiger partial charge in [0.05, 0.1) is 25.8 Å². The van der Waals surface area contributed by atoms with Crippen molar-refractivity contribution in [2.45, 2.75) is 38.8 Å². The number of ether oxygens (including phenoxy) is 3. The van der Waals surface area contributed by atoms with Crippen molar-refractivity contribution in [3.63, 3.8) is 0 Å². The van der Waals surface area contributed by atoms with Crippen LogP contribution in [0, 0.1) is 0 Å². The van der Waals surface area contributed by atoms with E-state index < -0.39 is 0 Å². The first-order valence-corrected chi connectivity index (χ1v) is 12.6. The summed E-state index contributed by atoms with van der Waals surface area (Å²) in [7, 11) is 3.31. The minimum absolute atomic E-state index is 0.156. The molecule has 1 N–H and O–H groups in total. The maximum Gasteiger partial charge on any atom is 0.293 e. The zero-order chi connectivity index (χ0) is 25.3. The zero-order valence-electron chi connectivity index (χ0n) is 21.4. The van der Waals surface area contributed by atoms with Gasteiger partial charge in [-0.3, -0.25) is 9.36 Å². The maximum absolute atomic E-state index is 13.6. The molecular formula is C26H36N6O4. The second-order valence-electron chi connectivity index (χ2n) is 8.94. The molecule has 0 aliphatic carbocycles. The van der Waals surface area contributed by atoms with E-state index in [1.807, 2.05) is 12.1 Å². The Morgan fingerprint density at radius 3 is 2.53 bits per heavy atom. The van der Waals surface area contributed by atoms with Crippen LogP contribution in [0.25, 0.3) is 22.3 Å². The Hall–Kier alpha value is -3.08. The highest BCUT2D eigenvalue weighted by molar-refractivity contribution is 5.78. The van der Waals surface area contributed by atoms with Crippen molar-refractivity contribution >= 4 is 17.0 Å². The number of hydrogen-bond acceptors (Lipinski definition) is 9. The second kappa shape index (κ2) is 12.8. The summed E-state index contributed by atoms with van der Waals surface area (Å²) in [5, 5.41) is 3.41. The molecule has 0 amide bonds. The zero-order valence-corrected chi connectivity index (χ0v) is 21.4. The summed E-state index contributed by atoms with van der Waals surface area (Å²) in [6.45, 7) is 7.18. The first kappa shape index (κ1) is 26.0. The standard InChI is InChI=1S/C26H36N6O4/c1-4-13-36-15-12-32-22-16-20(19-5-6-23(35-3)27-17-19)18-28-24(22)30-25(26(32)33)29-21-7-9-31(10-8-21)11-14-34-2/h5-6,16-18,21H,4,7-15H2,1-3H3,(H,28,29,30). The number of hydrogen-bond donors (Lipinski definition) is 1. The minimum Gasteiger partial charge on any atom is -0.481 e. The highest BCUT2D eigenvalue weighted by Gasteiger charge is 2.21. The Labute approximate surface area is 211 Å². The van der Waals surface area contributed by atoms with E-state index in [0.29, 0.717) is 42.6 Å². The van der Waals surface area contributed by atoms with Gasteiger partial charge in [0.2, 0.25) is 5.88 Å². The Morgan fingerprint density at radius 1 is 1.03 bits per heavy atom. The molecule has 0 spiro atoms. The van der Waals surface area contributed by atoms with Gasteiger partial charge in [0.25, 0.3) is 5.56 Å². The van der Waals surface area contributed by atoms with Crippen LogP contribution in [-0.4, -0.2) is 84.1 Å². The lowest BCUT2D eigenvalue weighted by Gasteiger charge is -2.32. The number of anilines is 1. The van der Waals surface area contributed by atoms with E-state index >= 15 is 0 Å². The number of likely N-dealkylation sites (tertiary alicyclic amines) is 1. The average Bonchev–Trinajstić information content (AvgIpc) is 2.92. The average molecular weight is 497 g/mol. The monoisotopic (exact) mass is 496 g/mol. The highest BCUT2D eigenvalue weighted by atomic mass is 16.5. The molecule has 194 valence electrons. The number of aromatic nitrogens is 4. The highest BCUT2D eigenvalue weighted by Crippen LogP contribution is 2.23. The van der Waals surface area contributed by atoms with Crippen LogP contribution in [-0.2, 0) is 16.0 Å². The third-order valence-electron chi connectivity index (χ3n) is 6.43. The fourth-order valence-electron chi connectivity index (χ4n) is 4.38. The lowest BCUT2D eigenvalue weighted by atomic mass is 10.1. The Morgan fingerprint density at radius 2 is 1.83 bits per heavy atom. The van der Waals surface area contributed by atoms with E-state index in [0.717, 1.165) is 56.6 Å². The molecule has 36 heavy (non-hydrogen) atoms. The van der Waals surface area contributed by atoms with Crippen LogP contribution in [0.4, 0.5) is 5.82 Å². The number of piperidine rings is 1. The molecule has 0 saturated carbocycles. The summed E-state index contributed by atoms with van der Waals surface area (Å²) in [6.07, 6.45) is 6.31. The van der Waals surface area contributed by atoms with Crippen LogP contribution in [0.3, 0.4) is 0 Å². The maximum atomic E-state index is 13.6. The molecule has 0 atom stereocenters. The SMILES string of the molecule is CCCOCCn1c(=O)c(NC2CCN(CCOC)CC2)nc2ncc(-c3ccc(OC)nc3)cc21. The van der Waals surface area contributed by atoms with Gasteiger partial charge in [-0.1, -0.05) is 6.92 Å². The molecule has 4 rings (SSSR count). The van der Waals surface area contributed by atoms with Crippen LogP contribution in [0.1, 0.15) is 26.2 Å². The van der Waals surface area contributed by atoms with Crippen molar-refractivity contribution < 1.29 is 14.2 Å². The van der Waals surface area contributed by atoms with Gasteiger partial charge in [-0.25, -0.2) is 15.0 Å². The molecule has 10 nitrogen and oxygen atoms in total. The number of nitrogens with one attached hydrogen (secondary N) is 1. The summed E-state index contributed by atoms with van der Waals surface area (Å²) in [5.74, 6) is 0.888. The second-order valence-corrected chi connectivity index (χ2v) is 8.94. The lowest BCUT2D eigenvalue weighted by Crippen LogP contribution is -2.41. The van der Waals surface area contributed by atoms with Crippen LogP contribution in [0.2, 0.25) is 0 Å². The van der Waals surface area contributed by atoms with Gasteiger partial charge in [0.15, 0.2) is 11.5 Å². The number of rotatable bonds is 12. The van der Waals surface area contributed by atoms with Crippen LogP contribution in [0.5, 0.6) is 5.88 Å². The Kier molecular flexibility index (Phi) is 9.21. The molecule has 1 fully saturated rings.